The fraction of sp³-hybridized carbons (Fsp3) is 0.444. The first-order valence-electron chi connectivity index (χ1n) is 7.82. The van der Waals surface area contributed by atoms with Crippen molar-refractivity contribution in [2.24, 2.45) is 0 Å². The number of hydrogen-bond acceptors (Lipinski definition) is 3. The molecule has 0 aliphatic carbocycles. The van der Waals surface area contributed by atoms with E-state index in [1.165, 1.54) is 23.2 Å². The first-order chi connectivity index (χ1) is 10.2. The average molecular weight is 286 g/mol. The highest BCUT2D eigenvalue weighted by Gasteiger charge is 2.08. The second kappa shape index (κ2) is 7.89. The number of aryl methyl sites for hydroxylation is 1. The Kier molecular flexibility index (Phi) is 5.88. The summed E-state index contributed by atoms with van der Waals surface area (Å²) in [6, 6.07) is 10.7. The molecule has 114 valence electrons. The molecule has 0 spiro atoms. The molecule has 2 rings (SSSR count). The van der Waals surface area contributed by atoms with Gasteiger partial charge in [-0.15, -0.1) is 0 Å². The second-order valence-corrected chi connectivity index (χ2v) is 5.38. The zero-order valence-electron chi connectivity index (χ0n) is 13.4. The van der Waals surface area contributed by atoms with Crippen LogP contribution in [0, 0.1) is 6.92 Å². The molecule has 0 atom stereocenters. The van der Waals surface area contributed by atoms with E-state index < -0.39 is 0 Å². The summed E-state index contributed by atoms with van der Waals surface area (Å²) >= 11 is 0. The largest absolute Gasteiger partial charge is 0.467 e. The van der Waals surface area contributed by atoms with Crippen molar-refractivity contribution >= 4 is 5.69 Å². The van der Waals surface area contributed by atoms with Crippen molar-refractivity contribution in [3.05, 3.63) is 53.5 Å². The molecule has 0 unspecified atom stereocenters. The normalized spacial score (nSPS) is 10.8. The zero-order valence-corrected chi connectivity index (χ0v) is 13.4. The first kappa shape index (κ1) is 15.6. The van der Waals surface area contributed by atoms with Crippen LogP contribution in [-0.2, 0) is 13.1 Å². The highest BCUT2D eigenvalue weighted by atomic mass is 16.3. The molecule has 0 saturated carbocycles. The maximum absolute atomic E-state index is 5.46. The van der Waals surface area contributed by atoms with Crippen LogP contribution in [0.2, 0.25) is 0 Å². The topological polar surface area (TPSA) is 28.4 Å². The summed E-state index contributed by atoms with van der Waals surface area (Å²) in [5.74, 6) is 1.00. The van der Waals surface area contributed by atoms with Gasteiger partial charge in [-0.2, -0.15) is 0 Å². The smallest absolute Gasteiger partial charge is 0.123 e. The Bertz CT molecular complexity index is 534. The molecule has 0 aliphatic heterocycles. The number of nitrogens with zero attached hydrogens (tertiary/aromatic N) is 1. The lowest BCUT2D eigenvalue weighted by Gasteiger charge is -2.23. The third-order valence-electron chi connectivity index (χ3n) is 3.74. The van der Waals surface area contributed by atoms with Crippen molar-refractivity contribution in [1.82, 2.24) is 5.32 Å². The van der Waals surface area contributed by atoms with Gasteiger partial charge in [0.05, 0.1) is 12.8 Å². The van der Waals surface area contributed by atoms with Crippen molar-refractivity contribution in [2.45, 2.75) is 40.3 Å². The molecule has 0 bridgehead atoms. The van der Waals surface area contributed by atoms with Gasteiger partial charge < -0.3 is 14.6 Å². The molecule has 3 heteroatoms. The summed E-state index contributed by atoms with van der Waals surface area (Å²) in [5.41, 5.74) is 3.97. The van der Waals surface area contributed by atoms with E-state index in [0.717, 1.165) is 31.9 Å². The van der Waals surface area contributed by atoms with Crippen LogP contribution >= 0.6 is 0 Å². The highest BCUT2D eigenvalue weighted by molar-refractivity contribution is 5.51. The molecule has 1 aromatic carbocycles. The molecule has 0 aliphatic rings. The molecular formula is C18H26N2O. The molecule has 0 fully saturated rings. The summed E-state index contributed by atoms with van der Waals surface area (Å²) in [6.45, 7) is 10.4. The summed E-state index contributed by atoms with van der Waals surface area (Å²) < 4.78 is 5.46. The number of furan rings is 1. The van der Waals surface area contributed by atoms with E-state index in [9.17, 15) is 0 Å². The lowest BCUT2D eigenvalue weighted by molar-refractivity contribution is 0.503. The third kappa shape index (κ3) is 4.36. The van der Waals surface area contributed by atoms with E-state index in [2.05, 4.69) is 49.2 Å². The van der Waals surface area contributed by atoms with E-state index in [0.29, 0.717) is 0 Å². The van der Waals surface area contributed by atoms with E-state index in [1.807, 2.05) is 12.1 Å². The minimum atomic E-state index is 0.816. The molecule has 0 amide bonds. The number of rotatable bonds is 8. The molecular weight excluding hydrogens is 260 g/mol. The number of anilines is 1. The lowest BCUT2D eigenvalue weighted by Crippen LogP contribution is -2.22. The van der Waals surface area contributed by atoms with Crippen LogP contribution in [0.5, 0.6) is 0 Å². The van der Waals surface area contributed by atoms with Gasteiger partial charge in [0.25, 0.3) is 0 Å². The first-order valence-corrected chi connectivity index (χ1v) is 7.82. The van der Waals surface area contributed by atoms with E-state index in [1.54, 1.807) is 6.26 Å². The molecule has 0 radical (unpaired) electrons. The van der Waals surface area contributed by atoms with Crippen LogP contribution in [0.3, 0.4) is 0 Å². The van der Waals surface area contributed by atoms with Gasteiger partial charge in [-0.1, -0.05) is 13.0 Å². The summed E-state index contributed by atoms with van der Waals surface area (Å²) in [7, 11) is 0. The van der Waals surface area contributed by atoms with Crippen molar-refractivity contribution in [1.29, 1.82) is 0 Å². The molecule has 0 saturated heterocycles. The molecule has 1 aromatic heterocycles. The van der Waals surface area contributed by atoms with Crippen LogP contribution in [0.4, 0.5) is 5.69 Å². The predicted octanol–water partition coefficient (Wildman–Crippen LogP) is 4.11. The average Bonchev–Trinajstić information content (AvgIpc) is 2.99. The summed E-state index contributed by atoms with van der Waals surface area (Å²) in [6.07, 6.45) is 2.90. The molecule has 1 N–H and O–H groups in total. The fourth-order valence-electron chi connectivity index (χ4n) is 2.45. The molecule has 1 heterocycles. The quantitative estimate of drug-likeness (QED) is 0.740. The Morgan fingerprint density at radius 2 is 2.05 bits per heavy atom. The minimum Gasteiger partial charge on any atom is -0.467 e. The second-order valence-electron chi connectivity index (χ2n) is 5.38. The monoisotopic (exact) mass is 286 g/mol. The third-order valence-corrected chi connectivity index (χ3v) is 3.74. The van der Waals surface area contributed by atoms with Crippen LogP contribution < -0.4 is 10.2 Å². The van der Waals surface area contributed by atoms with Crippen LogP contribution in [0.1, 0.15) is 37.2 Å². The van der Waals surface area contributed by atoms with E-state index in [-0.39, 0.29) is 0 Å². The van der Waals surface area contributed by atoms with Crippen molar-refractivity contribution in [2.75, 3.05) is 18.0 Å². The molecule has 3 nitrogen and oxygen atoms in total. The van der Waals surface area contributed by atoms with Gasteiger partial charge in [0, 0.05) is 18.8 Å². The van der Waals surface area contributed by atoms with E-state index >= 15 is 0 Å². The fourth-order valence-corrected chi connectivity index (χ4v) is 2.45. The number of nitrogens with one attached hydrogen (secondary N) is 1. The van der Waals surface area contributed by atoms with Crippen molar-refractivity contribution < 1.29 is 4.42 Å². The summed E-state index contributed by atoms with van der Waals surface area (Å²) in [4.78, 5) is 2.33. The zero-order chi connectivity index (χ0) is 15.1. The highest BCUT2D eigenvalue weighted by Crippen LogP contribution is 2.21. The maximum atomic E-state index is 5.46. The number of hydrogen-bond donors (Lipinski definition) is 1. The van der Waals surface area contributed by atoms with Gasteiger partial charge >= 0.3 is 0 Å². The Morgan fingerprint density at radius 3 is 2.67 bits per heavy atom. The Labute approximate surface area is 128 Å². The Morgan fingerprint density at radius 1 is 1.19 bits per heavy atom. The lowest BCUT2D eigenvalue weighted by atomic mass is 10.1. The minimum absolute atomic E-state index is 0.816. The standard InChI is InChI=1S/C18H26N2O/c1-4-10-19-13-16-8-9-17(12-15(16)3)20(5-2)14-18-7-6-11-21-18/h6-9,11-12,19H,4-5,10,13-14H2,1-3H3. The van der Waals surface area contributed by atoms with Crippen LogP contribution in [0.25, 0.3) is 0 Å². The van der Waals surface area contributed by atoms with Crippen molar-refractivity contribution in [3.8, 4) is 0 Å². The SMILES string of the molecule is CCCNCc1ccc(N(CC)Cc2ccco2)cc1C. The van der Waals surface area contributed by atoms with Crippen LogP contribution in [0.15, 0.2) is 41.0 Å². The van der Waals surface area contributed by atoms with E-state index in [4.69, 9.17) is 4.42 Å². The van der Waals surface area contributed by atoms with Gasteiger partial charge in [-0.3, -0.25) is 0 Å². The van der Waals surface area contributed by atoms with Gasteiger partial charge in [-0.05, 0) is 62.2 Å². The Hall–Kier alpha value is -1.74. The molecule has 2 aromatic rings. The van der Waals surface area contributed by atoms with Gasteiger partial charge in [0.1, 0.15) is 5.76 Å². The van der Waals surface area contributed by atoms with Gasteiger partial charge in [0.15, 0.2) is 0 Å². The Balaban J connectivity index is 2.06. The molecule has 21 heavy (non-hydrogen) atoms. The van der Waals surface area contributed by atoms with Crippen LogP contribution in [-0.4, -0.2) is 13.1 Å². The maximum Gasteiger partial charge on any atom is 0.123 e. The summed E-state index contributed by atoms with van der Waals surface area (Å²) in [5, 5.41) is 3.46. The van der Waals surface area contributed by atoms with Gasteiger partial charge in [0.2, 0.25) is 0 Å². The number of benzene rings is 1. The van der Waals surface area contributed by atoms with Crippen molar-refractivity contribution in [3.63, 3.8) is 0 Å². The predicted molar refractivity (Wildman–Crippen MR) is 88.6 cm³/mol. The van der Waals surface area contributed by atoms with Gasteiger partial charge in [-0.25, -0.2) is 0 Å².